The molecule has 2 aromatic rings. The lowest BCUT2D eigenvalue weighted by Crippen LogP contribution is -2.23. The Morgan fingerprint density at radius 2 is 1.92 bits per heavy atom. The molecule has 0 radical (unpaired) electrons. The molecule has 0 unspecified atom stereocenters. The molecule has 0 heterocycles. The van der Waals surface area contributed by atoms with Crippen molar-refractivity contribution in [3.8, 4) is 11.8 Å². The van der Waals surface area contributed by atoms with E-state index in [0.29, 0.717) is 17.9 Å². The molecule has 0 aliphatic rings. The van der Waals surface area contributed by atoms with E-state index < -0.39 is 11.9 Å². The fraction of sp³-hybridized carbons (Fsp3) is 0.150. The minimum atomic E-state index is -0.942. The first-order valence-corrected chi connectivity index (χ1v) is 7.97. The van der Waals surface area contributed by atoms with Crippen molar-refractivity contribution in [2.45, 2.75) is 13.0 Å². The first-order chi connectivity index (χ1) is 12.6. The topological polar surface area (TPSA) is 99.4 Å². The number of amides is 1. The molecule has 0 aromatic heterocycles. The molecular weight excluding hydrogens is 332 g/mol. The molecule has 0 aliphatic carbocycles. The maximum absolute atomic E-state index is 12.2. The molecule has 0 spiro atoms. The van der Waals surface area contributed by atoms with Crippen molar-refractivity contribution in [1.82, 2.24) is 5.32 Å². The fourth-order valence-electron chi connectivity index (χ4n) is 2.14. The van der Waals surface area contributed by atoms with E-state index in [0.717, 1.165) is 5.56 Å². The molecule has 6 nitrogen and oxygen atoms in total. The Morgan fingerprint density at radius 1 is 1.15 bits per heavy atom. The number of ether oxygens (including phenoxy) is 1. The number of carbonyl (C=O) groups excluding carboxylic acids is 1. The summed E-state index contributed by atoms with van der Waals surface area (Å²) in [6.07, 6.45) is 1.36. The normalized spacial score (nSPS) is 10.7. The molecule has 0 bridgehead atoms. The van der Waals surface area contributed by atoms with Crippen LogP contribution in [0.1, 0.15) is 17.5 Å². The van der Waals surface area contributed by atoms with E-state index in [2.05, 4.69) is 5.32 Å². The van der Waals surface area contributed by atoms with Gasteiger partial charge in [-0.3, -0.25) is 9.59 Å². The maximum Gasteiger partial charge on any atom is 0.306 e. The summed E-state index contributed by atoms with van der Waals surface area (Å²) < 4.78 is 5.34. The van der Waals surface area contributed by atoms with Gasteiger partial charge in [0.15, 0.2) is 0 Å². The van der Waals surface area contributed by atoms with Crippen molar-refractivity contribution in [3.05, 3.63) is 71.3 Å². The molecule has 2 rings (SSSR count). The summed E-state index contributed by atoms with van der Waals surface area (Å²) in [6.45, 7) is 0.377. The molecule has 2 aromatic carbocycles. The number of carboxylic acids is 1. The van der Waals surface area contributed by atoms with Gasteiger partial charge in [0.25, 0.3) is 5.91 Å². The van der Waals surface area contributed by atoms with Gasteiger partial charge in [0.2, 0.25) is 0 Å². The van der Waals surface area contributed by atoms with Gasteiger partial charge in [-0.15, -0.1) is 0 Å². The quantitative estimate of drug-likeness (QED) is 0.563. The summed E-state index contributed by atoms with van der Waals surface area (Å²) in [7, 11) is 0. The van der Waals surface area contributed by atoms with Crippen molar-refractivity contribution in [1.29, 1.82) is 5.26 Å². The number of carboxylic acid groups (broad SMARTS) is 1. The number of carbonyl (C=O) groups is 2. The SMILES string of the molecule is N#CC(=Cc1cccc(OCCC(=O)O)c1)C(=O)NCc1ccccc1. The number of rotatable bonds is 8. The Labute approximate surface area is 151 Å². The smallest absolute Gasteiger partial charge is 0.306 e. The van der Waals surface area contributed by atoms with Gasteiger partial charge in [-0.05, 0) is 29.3 Å². The van der Waals surface area contributed by atoms with Gasteiger partial charge in [0.1, 0.15) is 17.4 Å². The van der Waals surface area contributed by atoms with Gasteiger partial charge in [0, 0.05) is 6.54 Å². The summed E-state index contributed by atoms with van der Waals surface area (Å²) in [4.78, 5) is 22.7. The number of hydrogen-bond acceptors (Lipinski definition) is 4. The van der Waals surface area contributed by atoms with Gasteiger partial charge >= 0.3 is 5.97 Å². The number of nitriles is 1. The summed E-state index contributed by atoms with van der Waals surface area (Å²) in [5, 5.41) is 20.6. The second kappa shape index (κ2) is 9.64. The van der Waals surface area contributed by atoms with Gasteiger partial charge < -0.3 is 15.2 Å². The zero-order chi connectivity index (χ0) is 18.8. The highest BCUT2D eigenvalue weighted by Crippen LogP contribution is 2.16. The highest BCUT2D eigenvalue weighted by atomic mass is 16.5. The first kappa shape index (κ1) is 18.7. The molecule has 0 saturated heterocycles. The van der Waals surface area contributed by atoms with Crippen LogP contribution in [-0.2, 0) is 16.1 Å². The average Bonchev–Trinajstić information content (AvgIpc) is 2.65. The van der Waals surface area contributed by atoms with Crippen molar-refractivity contribution < 1.29 is 19.4 Å². The number of hydrogen-bond donors (Lipinski definition) is 2. The molecule has 0 atom stereocenters. The summed E-state index contributed by atoms with van der Waals surface area (Å²) in [5.74, 6) is -0.932. The Balaban J connectivity index is 2.01. The minimum Gasteiger partial charge on any atom is -0.493 e. The lowest BCUT2D eigenvalue weighted by Gasteiger charge is -2.06. The van der Waals surface area contributed by atoms with Crippen LogP contribution in [0.15, 0.2) is 60.2 Å². The van der Waals surface area contributed by atoms with E-state index in [-0.39, 0.29) is 18.6 Å². The Hall–Kier alpha value is -3.59. The second-order valence-corrected chi connectivity index (χ2v) is 5.40. The third-order valence-corrected chi connectivity index (χ3v) is 3.41. The third kappa shape index (κ3) is 6.13. The van der Waals surface area contributed by atoms with Crippen LogP contribution in [-0.4, -0.2) is 23.6 Å². The van der Waals surface area contributed by atoms with Crippen molar-refractivity contribution >= 4 is 18.0 Å². The highest BCUT2D eigenvalue weighted by molar-refractivity contribution is 6.01. The van der Waals surface area contributed by atoms with E-state index in [4.69, 9.17) is 9.84 Å². The van der Waals surface area contributed by atoms with Crippen LogP contribution in [0.4, 0.5) is 0 Å². The lowest BCUT2D eigenvalue weighted by molar-refractivity contribution is -0.137. The van der Waals surface area contributed by atoms with Crippen LogP contribution in [0, 0.1) is 11.3 Å². The number of benzene rings is 2. The molecule has 6 heteroatoms. The first-order valence-electron chi connectivity index (χ1n) is 7.97. The van der Waals surface area contributed by atoms with E-state index in [1.165, 1.54) is 6.08 Å². The lowest BCUT2D eigenvalue weighted by atomic mass is 10.1. The van der Waals surface area contributed by atoms with Gasteiger partial charge in [-0.1, -0.05) is 42.5 Å². The van der Waals surface area contributed by atoms with Crippen molar-refractivity contribution in [3.63, 3.8) is 0 Å². The molecule has 2 N–H and O–H groups in total. The standard InChI is InChI=1S/C20H18N2O4/c21-13-17(20(25)22-14-15-5-2-1-3-6-15)11-16-7-4-8-18(12-16)26-10-9-19(23)24/h1-8,11-12H,9-10,14H2,(H,22,25)(H,23,24). The van der Waals surface area contributed by atoms with Gasteiger partial charge in [-0.2, -0.15) is 5.26 Å². The van der Waals surface area contributed by atoms with Gasteiger partial charge in [0.05, 0.1) is 13.0 Å². The Kier molecular flexibility index (Phi) is 6.95. The number of aliphatic carboxylic acids is 1. The highest BCUT2D eigenvalue weighted by Gasteiger charge is 2.09. The molecular formula is C20H18N2O4. The van der Waals surface area contributed by atoms with Crippen LogP contribution in [0.2, 0.25) is 0 Å². The molecule has 0 saturated carbocycles. The third-order valence-electron chi connectivity index (χ3n) is 3.41. The Bertz CT molecular complexity index is 838. The van der Waals surface area contributed by atoms with E-state index in [9.17, 15) is 14.9 Å². The predicted molar refractivity (Wildman–Crippen MR) is 96.1 cm³/mol. The van der Waals surface area contributed by atoms with Crippen molar-refractivity contribution in [2.75, 3.05) is 6.61 Å². The minimum absolute atomic E-state index is 0.0244. The van der Waals surface area contributed by atoms with E-state index >= 15 is 0 Å². The van der Waals surface area contributed by atoms with Crippen LogP contribution in [0.3, 0.4) is 0 Å². The second-order valence-electron chi connectivity index (χ2n) is 5.40. The molecule has 0 aliphatic heterocycles. The number of nitrogens with one attached hydrogen (secondary N) is 1. The fourth-order valence-corrected chi connectivity index (χ4v) is 2.14. The summed E-state index contributed by atoms with van der Waals surface area (Å²) in [5.41, 5.74) is 1.53. The van der Waals surface area contributed by atoms with E-state index in [1.807, 2.05) is 36.4 Å². The molecule has 132 valence electrons. The zero-order valence-electron chi connectivity index (χ0n) is 14.0. The monoisotopic (exact) mass is 350 g/mol. The predicted octanol–water partition coefficient (Wildman–Crippen LogP) is 2.76. The van der Waals surface area contributed by atoms with Crippen LogP contribution in [0.25, 0.3) is 6.08 Å². The van der Waals surface area contributed by atoms with E-state index in [1.54, 1.807) is 24.3 Å². The maximum atomic E-state index is 12.2. The van der Waals surface area contributed by atoms with Crippen LogP contribution < -0.4 is 10.1 Å². The van der Waals surface area contributed by atoms with Crippen molar-refractivity contribution in [2.24, 2.45) is 0 Å². The summed E-state index contributed by atoms with van der Waals surface area (Å²) >= 11 is 0. The van der Waals surface area contributed by atoms with Crippen LogP contribution in [0.5, 0.6) is 5.75 Å². The largest absolute Gasteiger partial charge is 0.493 e. The average molecular weight is 350 g/mol. The summed E-state index contributed by atoms with van der Waals surface area (Å²) in [6, 6.07) is 18.1. The molecule has 26 heavy (non-hydrogen) atoms. The molecule has 1 amide bonds. The molecule has 0 fully saturated rings. The Morgan fingerprint density at radius 3 is 2.62 bits per heavy atom. The zero-order valence-corrected chi connectivity index (χ0v) is 14.0. The number of nitrogens with zero attached hydrogens (tertiary/aromatic N) is 1. The van der Waals surface area contributed by atoms with Gasteiger partial charge in [-0.25, -0.2) is 0 Å². The van der Waals surface area contributed by atoms with Crippen LogP contribution >= 0.6 is 0 Å².